The van der Waals surface area contributed by atoms with Gasteiger partial charge in [-0.05, 0) is 17.7 Å². The van der Waals surface area contributed by atoms with Crippen LogP contribution in [0.4, 0.5) is 18.0 Å². The van der Waals surface area contributed by atoms with Crippen LogP contribution in [0.2, 0.25) is 0 Å². The van der Waals surface area contributed by atoms with E-state index in [1.54, 1.807) is 12.1 Å². The lowest BCUT2D eigenvalue weighted by Gasteiger charge is -2.34. The molecule has 0 spiro atoms. The van der Waals surface area contributed by atoms with Crippen LogP contribution in [0, 0.1) is 0 Å². The number of hydrogen-bond acceptors (Lipinski definition) is 6. The minimum Gasteiger partial charge on any atom is -0.406 e. The Labute approximate surface area is 166 Å². The number of methoxy groups -OCH3 is 1. The summed E-state index contributed by atoms with van der Waals surface area (Å²) in [5, 5.41) is 4.78. The lowest BCUT2D eigenvalue weighted by atomic mass is 10.2. The molecule has 8 nitrogen and oxygen atoms in total. The Hall–Kier alpha value is -2.37. The Morgan fingerprint density at radius 2 is 1.69 bits per heavy atom. The summed E-state index contributed by atoms with van der Waals surface area (Å²) in [5.41, 5.74) is 0.874. The van der Waals surface area contributed by atoms with E-state index < -0.39 is 12.4 Å². The van der Waals surface area contributed by atoms with Crippen LogP contribution in [0.25, 0.3) is 0 Å². The predicted molar refractivity (Wildman–Crippen MR) is 98.3 cm³/mol. The van der Waals surface area contributed by atoms with E-state index in [0.29, 0.717) is 45.9 Å². The molecular weight excluding hydrogens is 393 g/mol. The number of nitrogens with zero attached hydrogens (tertiary/aromatic N) is 2. The van der Waals surface area contributed by atoms with Gasteiger partial charge >= 0.3 is 12.4 Å². The highest BCUT2D eigenvalue weighted by Gasteiger charge is 2.31. The van der Waals surface area contributed by atoms with E-state index in [-0.39, 0.29) is 18.2 Å². The summed E-state index contributed by atoms with van der Waals surface area (Å²) in [7, 11) is 1.52. The standard InChI is InChI=1S/C18H25F3N4O4/c1-28-11-6-22-17(27)23-16(26)13-25-9-7-24(8-10-25)12-14-2-4-15(5-3-14)29-18(19,20)21/h2-5H,6-13H2,1H3,(H2,22,23,26,27). The Kier molecular flexibility index (Phi) is 8.68. The van der Waals surface area contributed by atoms with E-state index in [9.17, 15) is 22.8 Å². The topological polar surface area (TPSA) is 83.1 Å². The summed E-state index contributed by atoms with van der Waals surface area (Å²) in [5.74, 6) is -0.628. The molecule has 0 unspecified atom stereocenters. The van der Waals surface area contributed by atoms with E-state index in [1.807, 2.05) is 4.90 Å². The second-order valence-electron chi connectivity index (χ2n) is 6.54. The van der Waals surface area contributed by atoms with Gasteiger partial charge in [-0.15, -0.1) is 13.2 Å². The molecule has 1 aromatic carbocycles. The molecule has 0 aliphatic carbocycles. The van der Waals surface area contributed by atoms with Crippen molar-refractivity contribution in [2.24, 2.45) is 0 Å². The predicted octanol–water partition coefficient (Wildman–Crippen LogP) is 1.17. The molecule has 1 aromatic rings. The highest BCUT2D eigenvalue weighted by atomic mass is 19.4. The molecule has 0 bridgehead atoms. The number of hydrogen-bond donors (Lipinski definition) is 2. The van der Waals surface area contributed by atoms with Crippen molar-refractivity contribution in [1.29, 1.82) is 0 Å². The second kappa shape index (κ2) is 11.0. The molecule has 1 aliphatic heterocycles. The molecule has 0 aromatic heterocycles. The molecule has 2 rings (SSSR count). The zero-order valence-electron chi connectivity index (χ0n) is 16.1. The van der Waals surface area contributed by atoms with Crippen LogP contribution in [0.15, 0.2) is 24.3 Å². The minimum absolute atomic E-state index is 0.120. The fourth-order valence-corrected chi connectivity index (χ4v) is 2.84. The molecule has 29 heavy (non-hydrogen) atoms. The normalized spacial score (nSPS) is 15.7. The van der Waals surface area contributed by atoms with E-state index >= 15 is 0 Å². The Bertz CT molecular complexity index is 662. The number of carbonyl (C=O) groups is 2. The van der Waals surface area contributed by atoms with E-state index in [2.05, 4.69) is 20.3 Å². The van der Waals surface area contributed by atoms with Crippen molar-refractivity contribution in [3.05, 3.63) is 29.8 Å². The molecule has 0 saturated carbocycles. The maximum absolute atomic E-state index is 12.2. The average molecular weight is 418 g/mol. The quantitative estimate of drug-likeness (QED) is 0.617. The summed E-state index contributed by atoms with van der Waals surface area (Å²) in [6.45, 7) is 4.09. The van der Waals surface area contributed by atoms with E-state index in [4.69, 9.17) is 4.74 Å². The summed E-state index contributed by atoms with van der Waals surface area (Å²) >= 11 is 0. The Morgan fingerprint density at radius 1 is 1.07 bits per heavy atom. The molecule has 1 fully saturated rings. The Balaban J connectivity index is 1.68. The van der Waals surface area contributed by atoms with Gasteiger partial charge in [-0.25, -0.2) is 4.79 Å². The van der Waals surface area contributed by atoms with Gasteiger partial charge in [0.2, 0.25) is 5.91 Å². The van der Waals surface area contributed by atoms with Crippen molar-refractivity contribution in [2.45, 2.75) is 12.9 Å². The second-order valence-corrected chi connectivity index (χ2v) is 6.54. The van der Waals surface area contributed by atoms with Gasteiger partial charge in [-0.2, -0.15) is 0 Å². The summed E-state index contributed by atoms with van der Waals surface area (Å²) < 4.78 is 45.2. The van der Waals surface area contributed by atoms with Crippen LogP contribution in [-0.4, -0.2) is 81.1 Å². The molecule has 3 amide bonds. The number of carbonyl (C=O) groups excluding carboxylic acids is 2. The number of ether oxygens (including phenoxy) is 2. The van der Waals surface area contributed by atoms with Gasteiger partial charge in [-0.1, -0.05) is 12.1 Å². The number of nitrogens with one attached hydrogen (secondary N) is 2. The monoisotopic (exact) mass is 418 g/mol. The van der Waals surface area contributed by atoms with Crippen molar-refractivity contribution < 1.29 is 32.2 Å². The zero-order chi connectivity index (χ0) is 21.3. The maximum atomic E-state index is 12.2. The fraction of sp³-hybridized carbons (Fsp3) is 0.556. The molecule has 1 heterocycles. The first-order valence-corrected chi connectivity index (χ1v) is 9.11. The summed E-state index contributed by atoms with van der Waals surface area (Å²) in [4.78, 5) is 27.5. The van der Waals surface area contributed by atoms with E-state index in [1.165, 1.54) is 19.2 Å². The van der Waals surface area contributed by atoms with Gasteiger partial charge in [0.25, 0.3) is 0 Å². The number of rotatable bonds is 8. The molecule has 0 atom stereocenters. The lowest BCUT2D eigenvalue weighted by molar-refractivity contribution is -0.274. The molecule has 11 heteroatoms. The number of halogens is 3. The number of urea groups is 1. The van der Waals surface area contributed by atoms with Crippen molar-refractivity contribution in [2.75, 3.05) is 53.0 Å². The molecule has 0 radical (unpaired) electrons. The zero-order valence-corrected chi connectivity index (χ0v) is 16.1. The Morgan fingerprint density at radius 3 is 2.28 bits per heavy atom. The lowest BCUT2D eigenvalue weighted by Crippen LogP contribution is -2.50. The highest BCUT2D eigenvalue weighted by molar-refractivity contribution is 5.95. The largest absolute Gasteiger partial charge is 0.573 e. The van der Waals surface area contributed by atoms with Gasteiger partial charge in [0, 0.05) is 46.4 Å². The number of benzene rings is 1. The highest BCUT2D eigenvalue weighted by Crippen LogP contribution is 2.23. The van der Waals surface area contributed by atoms with Crippen LogP contribution >= 0.6 is 0 Å². The number of imide groups is 1. The fourth-order valence-electron chi connectivity index (χ4n) is 2.84. The molecule has 162 valence electrons. The first-order chi connectivity index (χ1) is 13.7. The van der Waals surface area contributed by atoms with Crippen LogP contribution in [-0.2, 0) is 16.1 Å². The molecule has 2 N–H and O–H groups in total. The first-order valence-electron chi connectivity index (χ1n) is 9.11. The third-order valence-corrected chi connectivity index (χ3v) is 4.24. The molecule has 1 aliphatic rings. The molecular formula is C18H25F3N4O4. The van der Waals surface area contributed by atoms with E-state index in [0.717, 1.165) is 5.56 Å². The minimum atomic E-state index is -4.70. The van der Waals surface area contributed by atoms with Crippen molar-refractivity contribution >= 4 is 11.9 Å². The van der Waals surface area contributed by atoms with Crippen LogP contribution in [0.1, 0.15) is 5.56 Å². The van der Waals surface area contributed by atoms with Gasteiger partial charge in [-0.3, -0.25) is 19.9 Å². The van der Waals surface area contributed by atoms with Gasteiger partial charge in [0.05, 0.1) is 13.2 Å². The molecule has 1 saturated heterocycles. The van der Waals surface area contributed by atoms with Gasteiger partial charge in [0.15, 0.2) is 0 Å². The number of piperazine rings is 1. The van der Waals surface area contributed by atoms with Gasteiger partial charge in [0.1, 0.15) is 5.75 Å². The first kappa shape index (κ1) is 22.9. The average Bonchev–Trinajstić information content (AvgIpc) is 2.64. The van der Waals surface area contributed by atoms with Crippen molar-refractivity contribution in [3.63, 3.8) is 0 Å². The third-order valence-electron chi connectivity index (χ3n) is 4.24. The van der Waals surface area contributed by atoms with Crippen LogP contribution in [0.5, 0.6) is 5.75 Å². The SMILES string of the molecule is COCCNC(=O)NC(=O)CN1CCN(Cc2ccc(OC(F)(F)F)cc2)CC1. The van der Waals surface area contributed by atoms with Crippen molar-refractivity contribution in [1.82, 2.24) is 20.4 Å². The third kappa shape index (κ3) is 9.11. The summed E-state index contributed by atoms with van der Waals surface area (Å²) in [6.07, 6.45) is -4.70. The summed E-state index contributed by atoms with van der Waals surface area (Å²) in [6, 6.07) is 5.23. The number of amides is 3. The van der Waals surface area contributed by atoms with Crippen LogP contribution < -0.4 is 15.4 Å². The van der Waals surface area contributed by atoms with Crippen molar-refractivity contribution in [3.8, 4) is 5.75 Å². The smallest absolute Gasteiger partial charge is 0.406 e. The number of alkyl halides is 3. The van der Waals surface area contributed by atoms with Crippen LogP contribution in [0.3, 0.4) is 0 Å². The maximum Gasteiger partial charge on any atom is 0.573 e. The van der Waals surface area contributed by atoms with Gasteiger partial charge < -0.3 is 14.8 Å².